The highest BCUT2D eigenvalue weighted by molar-refractivity contribution is 5.49. The van der Waals surface area contributed by atoms with Crippen LogP contribution in [-0.2, 0) is 6.54 Å². The Kier molecular flexibility index (Phi) is 5.04. The Balaban J connectivity index is 2.29. The van der Waals surface area contributed by atoms with Crippen LogP contribution in [0.15, 0.2) is 30.7 Å². The average molecular weight is 282 g/mol. The maximum absolute atomic E-state index is 8.86. The zero-order valence-electron chi connectivity index (χ0n) is 12.2. The number of pyridine rings is 1. The van der Waals surface area contributed by atoms with Crippen molar-refractivity contribution in [1.29, 1.82) is 5.26 Å². The SMILES string of the molecule is CNc1ncc(C)c(N(CCC#N)Cc2cccnc2)n1. The highest BCUT2D eigenvalue weighted by atomic mass is 15.2. The molecule has 1 N–H and O–H groups in total. The highest BCUT2D eigenvalue weighted by Gasteiger charge is 2.13. The molecule has 0 fully saturated rings. The van der Waals surface area contributed by atoms with E-state index in [9.17, 15) is 0 Å². The molecular formula is C15H18N6. The molecule has 0 radical (unpaired) electrons. The molecule has 2 heterocycles. The van der Waals surface area contributed by atoms with E-state index in [-0.39, 0.29) is 0 Å². The second-order valence-electron chi connectivity index (χ2n) is 4.64. The Labute approximate surface area is 124 Å². The zero-order valence-corrected chi connectivity index (χ0v) is 12.2. The standard InChI is InChI=1S/C15H18N6/c1-12-9-19-15(17-2)20-14(12)21(8-4-6-16)11-13-5-3-7-18-10-13/h3,5,7,9-10H,4,8,11H2,1-2H3,(H,17,19,20). The second-order valence-corrected chi connectivity index (χ2v) is 4.64. The van der Waals surface area contributed by atoms with Gasteiger partial charge in [0, 0.05) is 44.3 Å². The molecule has 0 atom stereocenters. The van der Waals surface area contributed by atoms with E-state index in [1.54, 1.807) is 19.4 Å². The van der Waals surface area contributed by atoms with Gasteiger partial charge in [0.2, 0.25) is 5.95 Å². The van der Waals surface area contributed by atoms with Gasteiger partial charge >= 0.3 is 0 Å². The maximum Gasteiger partial charge on any atom is 0.224 e. The maximum atomic E-state index is 8.86. The van der Waals surface area contributed by atoms with Gasteiger partial charge in [-0.1, -0.05) is 6.07 Å². The minimum Gasteiger partial charge on any atom is -0.357 e. The molecule has 21 heavy (non-hydrogen) atoms. The minimum absolute atomic E-state index is 0.443. The Morgan fingerprint density at radius 3 is 2.90 bits per heavy atom. The van der Waals surface area contributed by atoms with Crippen molar-refractivity contribution in [3.63, 3.8) is 0 Å². The Morgan fingerprint density at radius 1 is 1.38 bits per heavy atom. The number of nitriles is 1. The number of hydrogen-bond donors (Lipinski definition) is 1. The summed E-state index contributed by atoms with van der Waals surface area (Å²) in [6, 6.07) is 6.11. The number of nitrogens with zero attached hydrogens (tertiary/aromatic N) is 5. The number of aryl methyl sites for hydroxylation is 1. The number of rotatable bonds is 6. The van der Waals surface area contributed by atoms with E-state index in [4.69, 9.17) is 5.26 Å². The summed E-state index contributed by atoms with van der Waals surface area (Å²) in [6.07, 6.45) is 5.81. The molecule has 0 aliphatic rings. The minimum atomic E-state index is 0.443. The lowest BCUT2D eigenvalue weighted by molar-refractivity contribution is 0.774. The van der Waals surface area contributed by atoms with E-state index in [1.807, 2.05) is 25.3 Å². The van der Waals surface area contributed by atoms with Crippen LogP contribution in [0.25, 0.3) is 0 Å². The van der Waals surface area contributed by atoms with E-state index >= 15 is 0 Å². The first-order valence-corrected chi connectivity index (χ1v) is 6.76. The lowest BCUT2D eigenvalue weighted by atomic mass is 10.2. The quantitative estimate of drug-likeness (QED) is 0.874. The molecule has 0 aliphatic heterocycles. The molecule has 108 valence electrons. The average Bonchev–Trinajstić information content (AvgIpc) is 2.53. The van der Waals surface area contributed by atoms with Gasteiger partial charge in [0.15, 0.2) is 0 Å². The van der Waals surface area contributed by atoms with Crippen molar-refractivity contribution in [2.75, 3.05) is 23.8 Å². The molecular weight excluding hydrogens is 264 g/mol. The fourth-order valence-corrected chi connectivity index (χ4v) is 2.03. The van der Waals surface area contributed by atoms with Crippen molar-refractivity contribution in [2.45, 2.75) is 19.9 Å². The first-order valence-electron chi connectivity index (χ1n) is 6.76. The van der Waals surface area contributed by atoms with Crippen LogP contribution in [0.1, 0.15) is 17.5 Å². The van der Waals surface area contributed by atoms with E-state index in [1.165, 1.54) is 0 Å². The van der Waals surface area contributed by atoms with Gasteiger partial charge in [-0.25, -0.2) is 4.98 Å². The fourth-order valence-electron chi connectivity index (χ4n) is 2.03. The van der Waals surface area contributed by atoms with Crippen molar-refractivity contribution in [3.05, 3.63) is 41.9 Å². The van der Waals surface area contributed by atoms with Crippen LogP contribution in [0.5, 0.6) is 0 Å². The van der Waals surface area contributed by atoms with E-state index in [2.05, 4.69) is 31.2 Å². The van der Waals surface area contributed by atoms with Crippen molar-refractivity contribution in [3.8, 4) is 6.07 Å². The van der Waals surface area contributed by atoms with Gasteiger partial charge in [-0.15, -0.1) is 0 Å². The summed E-state index contributed by atoms with van der Waals surface area (Å²) in [5, 5.41) is 11.8. The third kappa shape index (κ3) is 3.89. The first-order chi connectivity index (χ1) is 10.2. The molecule has 6 nitrogen and oxygen atoms in total. The molecule has 2 aromatic heterocycles. The number of aromatic nitrogens is 3. The molecule has 2 rings (SSSR count). The van der Waals surface area contributed by atoms with Gasteiger partial charge in [-0.2, -0.15) is 10.2 Å². The monoisotopic (exact) mass is 282 g/mol. The molecule has 0 aromatic carbocycles. The molecule has 0 bridgehead atoms. The summed E-state index contributed by atoms with van der Waals surface area (Å²) in [5.74, 6) is 1.41. The number of nitrogens with one attached hydrogen (secondary N) is 1. The molecule has 0 amide bonds. The number of anilines is 2. The molecule has 6 heteroatoms. The summed E-state index contributed by atoms with van der Waals surface area (Å²) in [6.45, 7) is 3.25. The summed E-state index contributed by atoms with van der Waals surface area (Å²) in [4.78, 5) is 14.9. The van der Waals surface area contributed by atoms with Gasteiger partial charge in [0.05, 0.1) is 12.5 Å². The lowest BCUT2D eigenvalue weighted by Gasteiger charge is -2.24. The third-order valence-electron chi connectivity index (χ3n) is 3.06. The van der Waals surface area contributed by atoms with Crippen molar-refractivity contribution < 1.29 is 0 Å². The van der Waals surface area contributed by atoms with Crippen LogP contribution in [0, 0.1) is 18.3 Å². The van der Waals surface area contributed by atoms with E-state index in [0.717, 1.165) is 16.9 Å². The molecule has 0 saturated heterocycles. The van der Waals surface area contributed by atoms with Crippen LogP contribution >= 0.6 is 0 Å². The van der Waals surface area contributed by atoms with Crippen LogP contribution in [0.4, 0.5) is 11.8 Å². The fraction of sp³-hybridized carbons (Fsp3) is 0.333. The van der Waals surface area contributed by atoms with E-state index in [0.29, 0.717) is 25.5 Å². The molecule has 2 aromatic rings. The van der Waals surface area contributed by atoms with Crippen molar-refractivity contribution >= 4 is 11.8 Å². The zero-order chi connectivity index (χ0) is 15.1. The topological polar surface area (TPSA) is 77.7 Å². The van der Waals surface area contributed by atoms with E-state index < -0.39 is 0 Å². The third-order valence-corrected chi connectivity index (χ3v) is 3.06. The van der Waals surface area contributed by atoms with Gasteiger partial charge in [-0.05, 0) is 18.6 Å². The molecule has 0 aliphatic carbocycles. The number of hydrogen-bond acceptors (Lipinski definition) is 6. The smallest absolute Gasteiger partial charge is 0.224 e. The second kappa shape index (κ2) is 7.20. The van der Waals surface area contributed by atoms with Crippen LogP contribution in [0.2, 0.25) is 0 Å². The van der Waals surface area contributed by atoms with Crippen molar-refractivity contribution in [2.24, 2.45) is 0 Å². The molecule has 0 spiro atoms. The predicted octanol–water partition coefficient (Wildman–Crippen LogP) is 2.14. The normalized spacial score (nSPS) is 9.95. The lowest BCUT2D eigenvalue weighted by Crippen LogP contribution is -2.26. The van der Waals surface area contributed by atoms with Crippen LogP contribution < -0.4 is 10.2 Å². The summed E-state index contributed by atoms with van der Waals surface area (Å²) in [7, 11) is 1.79. The Bertz CT molecular complexity index is 620. The van der Waals surface area contributed by atoms with Gasteiger partial charge in [0.1, 0.15) is 5.82 Å². The van der Waals surface area contributed by atoms with Gasteiger partial charge in [0.25, 0.3) is 0 Å². The summed E-state index contributed by atoms with van der Waals surface area (Å²) in [5.41, 5.74) is 2.07. The highest BCUT2D eigenvalue weighted by Crippen LogP contribution is 2.20. The largest absolute Gasteiger partial charge is 0.357 e. The summed E-state index contributed by atoms with van der Waals surface area (Å²) >= 11 is 0. The molecule has 0 unspecified atom stereocenters. The van der Waals surface area contributed by atoms with Gasteiger partial charge < -0.3 is 10.2 Å². The van der Waals surface area contributed by atoms with Crippen LogP contribution in [-0.4, -0.2) is 28.5 Å². The van der Waals surface area contributed by atoms with Crippen LogP contribution in [0.3, 0.4) is 0 Å². The molecule has 0 saturated carbocycles. The Morgan fingerprint density at radius 2 is 2.24 bits per heavy atom. The Hall–Kier alpha value is -2.68. The predicted molar refractivity (Wildman–Crippen MR) is 81.8 cm³/mol. The summed E-state index contributed by atoms with van der Waals surface area (Å²) < 4.78 is 0. The van der Waals surface area contributed by atoms with Gasteiger partial charge in [-0.3, -0.25) is 4.98 Å². The van der Waals surface area contributed by atoms with Crippen molar-refractivity contribution in [1.82, 2.24) is 15.0 Å². The first kappa shape index (κ1) is 14.7.